The summed E-state index contributed by atoms with van der Waals surface area (Å²) in [7, 11) is 0. The van der Waals surface area contributed by atoms with Crippen molar-refractivity contribution in [2.45, 2.75) is 12.6 Å². The lowest BCUT2D eigenvalue weighted by Crippen LogP contribution is -2.16. The third-order valence-electron chi connectivity index (χ3n) is 3.81. The number of amides is 1. The third kappa shape index (κ3) is 3.72. The molecule has 0 saturated carbocycles. The SMILES string of the molecule is O=C(Cc1ccc(C(F)(F)F)cc1)Nc1c(Cl)ccc2c(=O)[nH]ccc12. The van der Waals surface area contributed by atoms with Gasteiger partial charge in [-0.2, -0.15) is 13.2 Å². The van der Waals surface area contributed by atoms with Crippen molar-refractivity contribution >= 4 is 34.0 Å². The first-order valence-electron chi connectivity index (χ1n) is 7.51. The first kappa shape index (κ1) is 18.0. The summed E-state index contributed by atoms with van der Waals surface area (Å²) in [5.74, 6) is -0.459. The van der Waals surface area contributed by atoms with E-state index in [1.807, 2.05) is 0 Å². The van der Waals surface area contributed by atoms with Gasteiger partial charge < -0.3 is 10.3 Å². The summed E-state index contributed by atoms with van der Waals surface area (Å²) in [6.07, 6.45) is -3.12. The molecule has 2 aromatic carbocycles. The molecule has 1 aromatic heterocycles. The number of fused-ring (bicyclic) bond motifs is 1. The number of alkyl halides is 3. The molecule has 0 aliphatic rings. The summed E-state index contributed by atoms with van der Waals surface area (Å²) >= 11 is 6.12. The number of pyridine rings is 1. The van der Waals surface area contributed by atoms with Crippen molar-refractivity contribution in [1.29, 1.82) is 0 Å². The van der Waals surface area contributed by atoms with Crippen LogP contribution in [0.3, 0.4) is 0 Å². The van der Waals surface area contributed by atoms with Gasteiger partial charge in [0.2, 0.25) is 5.91 Å². The van der Waals surface area contributed by atoms with E-state index in [1.165, 1.54) is 24.4 Å². The smallest absolute Gasteiger partial charge is 0.329 e. The van der Waals surface area contributed by atoms with E-state index in [4.69, 9.17) is 11.6 Å². The molecule has 0 fully saturated rings. The maximum absolute atomic E-state index is 12.6. The number of aromatic nitrogens is 1. The largest absolute Gasteiger partial charge is 0.416 e. The lowest BCUT2D eigenvalue weighted by molar-refractivity contribution is -0.137. The highest BCUT2D eigenvalue weighted by Crippen LogP contribution is 2.30. The van der Waals surface area contributed by atoms with Crippen LogP contribution in [0, 0.1) is 0 Å². The Balaban J connectivity index is 1.83. The van der Waals surface area contributed by atoms with Crippen LogP contribution in [0.25, 0.3) is 10.8 Å². The number of carbonyl (C=O) groups is 1. The van der Waals surface area contributed by atoms with Gasteiger partial charge >= 0.3 is 6.18 Å². The van der Waals surface area contributed by atoms with Crippen molar-refractivity contribution in [3.05, 3.63) is 75.2 Å². The standard InChI is InChI=1S/C18H12ClF3N2O2/c19-14-6-5-13-12(7-8-23-17(13)26)16(14)24-15(25)9-10-1-3-11(4-2-10)18(20,21)22/h1-8H,9H2,(H,23,26)(H,24,25). The fraction of sp³-hybridized carbons (Fsp3) is 0.111. The summed E-state index contributed by atoms with van der Waals surface area (Å²) in [5.41, 5.74) is -0.396. The van der Waals surface area contributed by atoms with Gasteiger partial charge in [-0.25, -0.2) is 0 Å². The monoisotopic (exact) mass is 380 g/mol. The molecule has 0 saturated heterocycles. The predicted molar refractivity (Wildman–Crippen MR) is 93.4 cm³/mol. The lowest BCUT2D eigenvalue weighted by atomic mass is 10.1. The highest BCUT2D eigenvalue weighted by molar-refractivity contribution is 6.35. The molecule has 26 heavy (non-hydrogen) atoms. The number of aromatic amines is 1. The molecule has 1 heterocycles. The maximum atomic E-state index is 12.6. The first-order valence-corrected chi connectivity index (χ1v) is 7.89. The summed E-state index contributed by atoms with van der Waals surface area (Å²) in [6.45, 7) is 0. The van der Waals surface area contributed by atoms with E-state index in [-0.39, 0.29) is 22.7 Å². The van der Waals surface area contributed by atoms with Crippen molar-refractivity contribution in [2.75, 3.05) is 5.32 Å². The van der Waals surface area contributed by atoms with Gasteiger partial charge in [0.25, 0.3) is 5.56 Å². The molecular weight excluding hydrogens is 369 g/mol. The number of anilines is 1. The average Bonchev–Trinajstić information content (AvgIpc) is 2.57. The number of hydrogen-bond acceptors (Lipinski definition) is 2. The zero-order chi connectivity index (χ0) is 18.9. The summed E-state index contributed by atoms with van der Waals surface area (Å²) < 4.78 is 37.7. The van der Waals surface area contributed by atoms with E-state index < -0.39 is 17.6 Å². The minimum Gasteiger partial charge on any atom is -0.329 e. The minimum absolute atomic E-state index is 0.131. The number of hydrogen-bond donors (Lipinski definition) is 2. The highest BCUT2D eigenvalue weighted by atomic mass is 35.5. The Labute approximate surface area is 150 Å². The van der Waals surface area contributed by atoms with Crippen LogP contribution in [0.2, 0.25) is 5.02 Å². The van der Waals surface area contributed by atoms with Crippen LogP contribution in [-0.2, 0) is 17.4 Å². The van der Waals surface area contributed by atoms with E-state index in [0.717, 1.165) is 12.1 Å². The molecule has 134 valence electrons. The normalized spacial score (nSPS) is 11.5. The van der Waals surface area contributed by atoms with Crippen LogP contribution >= 0.6 is 11.6 Å². The fourth-order valence-electron chi connectivity index (χ4n) is 2.55. The van der Waals surface area contributed by atoms with Crippen LogP contribution < -0.4 is 10.9 Å². The van der Waals surface area contributed by atoms with E-state index in [2.05, 4.69) is 10.3 Å². The lowest BCUT2D eigenvalue weighted by Gasteiger charge is -2.11. The van der Waals surface area contributed by atoms with Crippen LogP contribution in [0.4, 0.5) is 18.9 Å². The third-order valence-corrected chi connectivity index (χ3v) is 4.13. The fourth-order valence-corrected chi connectivity index (χ4v) is 2.76. The van der Waals surface area contributed by atoms with Crippen molar-refractivity contribution in [2.24, 2.45) is 0 Å². The van der Waals surface area contributed by atoms with E-state index >= 15 is 0 Å². The maximum Gasteiger partial charge on any atom is 0.416 e. The van der Waals surface area contributed by atoms with Crippen molar-refractivity contribution in [1.82, 2.24) is 4.98 Å². The summed E-state index contributed by atoms with van der Waals surface area (Å²) in [5, 5.41) is 3.72. The molecule has 3 rings (SSSR count). The number of H-pyrrole nitrogens is 1. The van der Waals surface area contributed by atoms with E-state index in [9.17, 15) is 22.8 Å². The molecule has 0 spiro atoms. The zero-order valence-electron chi connectivity index (χ0n) is 13.2. The van der Waals surface area contributed by atoms with Gasteiger partial charge in [-0.05, 0) is 35.9 Å². The topological polar surface area (TPSA) is 62.0 Å². The summed E-state index contributed by atoms with van der Waals surface area (Å²) in [4.78, 5) is 26.6. The predicted octanol–water partition coefficient (Wildman–Crippen LogP) is 4.38. The van der Waals surface area contributed by atoms with Gasteiger partial charge in [0.15, 0.2) is 0 Å². The van der Waals surface area contributed by atoms with Gasteiger partial charge in [-0.1, -0.05) is 23.7 Å². The molecule has 0 bridgehead atoms. The van der Waals surface area contributed by atoms with Crippen LogP contribution in [0.15, 0.2) is 53.5 Å². The van der Waals surface area contributed by atoms with Gasteiger partial charge in [0, 0.05) is 17.0 Å². The Kier molecular flexibility index (Phi) is 4.73. The second kappa shape index (κ2) is 6.84. The molecule has 4 nitrogen and oxygen atoms in total. The highest BCUT2D eigenvalue weighted by Gasteiger charge is 2.30. The van der Waals surface area contributed by atoms with Gasteiger partial charge in [-0.3, -0.25) is 9.59 Å². The zero-order valence-corrected chi connectivity index (χ0v) is 13.9. The molecule has 2 N–H and O–H groups in total. The molecular formula is C18H12ClF3N2O2. The molecule has 3 aromatic rings. The molecule has 0 aliphatic carbocycles. The number of benzene rings is 2. The Hall–Kier alpha value is -2.80. The Morgan fingerprint density at radius 3 is 2.38 bits per heavy atom. The number of halogens is 4. The number of rotatable bonds is 3. The van der Waals surface area contributed by atoms with Crippen LogP contribution in [-0.4, -0.2) is 10.9 Å². The first-order chi connectivity index (χ1) is 12.3. The van der Waals surface area contributed by atoms with E-state index in [0.29, 0.717) is 16.3 Å². The molecule has 0 radical (unpaired) electrons. The average molecular weight is 381 g/mol. The molecule has 8 heteroatoms. The number of nitrogens with one attached hydrogen (secondary N) is 2. The quantitative estimate of drug-likeness (QED) is 0.708. The molecule has 0 aliphatic heterocycles. The van der Waals surface area contributed by atoms with E-state index in [1.54, 1.807) is 12.1 Å². The summed E-state index contributed by atoms with van der Waals surface area (Å²) in [6, 6.07) is 8.99. The van der Waals surface area contributed by atoms with Crippen LogP contribution in [0.1, 0.15) is 11.1 Å². The Morgan fingerprint density at radius 1 is 1.04 bits per heavy atom. The molecule has 0 unspecified atom stereocenters. The van der Waals surface area contributed by atoms with Gasteiger partial charge in [0.05, 0.1) is 22.7 Å². The molecule has 1 amide bonds. The van der Waals surface area contributed by atoms with Gasteiger partial charge in [-0.15, -0.1) is 0 Å². The second-order valence-corrected chi connectivity index (χ2v) is 6.02. The number of carbonyl (C=O) groups excluding carboxylic acids is 1. The van der Waals surface area contributed by atoms with Gasteiger partial charge in [0.1, 0.15) is 0 Å². The van der Waals surface area contributed by atoms with Crippen molar-refractivity contribution < 1.29 is 18.0 Å². The minimum atomic E-state index is -4.43. The van der Waals surface area contributed by atoms with Crippen molar-refractivity contribution in [3.8, 4) is 0 Å². The Bertz CT molecular complexity index is 1030. The van der Waals surface area contributed by atoms with Crippen LogP contribution in [0.5, 0.6) is 0 Å². The van der Waals surface area contributed by atoms with Crippen molar-refractivity contribution in [3.63, 3.8) is 0 Å². The second-order valence-electron chi connectivity index (χ2n) is 5.61. The molecule has 0 atom stereocenters. The Morgan fingerprint density at radius 2 is 1.73 bits per heavy atom.